The Bertz CT molecular complexity index is 1140. The van der Waals surface area contributed by atoms with Gasteiger partial charge in [-0.2, -0.15) is 5.10 Å². The minimum atomic E-state index is -0.238. The summed E-state index contributed by atoms with van der Waals surface area (Å²) in [7, 11) is 0. The summed E-state index contributed by atoms with van der Waals surface area (Å²) in [4.78, 5) is 41.9. The molecule has 3 aromatic rings. The first-order valence-corrected chi connectivity index (χ1v) is 11.4. The maximum atomic E-state index is 12.5. The number of carbonyl (C=O) groups excluding carboxylic acids is 3. The number of hydrogen-bond donors (Lipinski definition) is 3. The van der Waals surface area contributed by atoms with Gasteiger partial charge in [0, 0.05) is 50.3 Å². The van der Waals surface area contributed by atoms with E-state index in [1.165, 1.54) is 13.3 Å². The number of piperidine rings is 1. The molecule has 3 N–H and O–H groups in total. The zero-order valence-electron chi connectivity index (χ0n) is 19.3. The summed E-state index contributed by atoms with van der Waals surface area (Å²) in [5, 5.41) is 20.8. The van der Waals surface area contributed by atoms with Crippen LogP contribution >= 0.6 is 0 Å². The number of rotatable bonds is 8. The van der Waals surface area contributed by atoms with Crippen LogP contribution < -0.4 is 20.9 Å². The first kappa shape index (κ1) is 23.8. The van der Waals surface area contributed by atoms with Crippen LogP contribution in [-0.4, -0.2) is 68.9 Å². The molecule has 0 spiro atoms. The highest BCUT2D eigenvalue weighted by Crippen LogP contribution is 2.22. The molecule has 12 nitrogen and oxygen atoms in total. The van der Waals surface area contributed by atoms with Crippen LogP contribution in [0.3, 0.4) is 0 Å². The Kier molecular flexibility index (Phi) is 7.60. The molecule has 1 aliphatic heterocycles. The molecule has 0 bridgehead atoms. The van der Waals surface area contributed by atoms with Crippen molar-refractivity contribution in [3.8, 4) is 5.82 Å². The van der Waals surface area contributed by atoms with E-state index in [-0.39, 0.29) is 23.6 Å². The Morgan fingerprint density at radius 1 is 0.943 bits per heavy atom. The third-order valence-electron chi connectivity index (χ3n) is 5.66. The topological polar surface area (TPSA) is 147 Å². The Labute approximate surface area is 202 Å². The molecule has 1 aromatic carbocycles. The number of carbonyl (C=O) groups is 3. The summed E-state index contributed by atoms with van der Waals surface area (Å²) in [6, 6.07) is 10.3. The van der Waals surface area contributed by atoms with Gasteiger partial charge in [-0.15, -0.1) is 10.2 Å². The SMILES string of the molecule is CC(=O)Nc1ccc(C(=O)NCCNC(=O)C2CCN(c3ccc(-n4cncn4)nn3)CC2)cc1. The van der Waals surface area contributed by atoms with Crippen molar-refractivity contribution in [2.24, 2.45) is 5.92 Å². The number of hydrogen-bond acceptors (Lipinski definition) is 8. The maximum absolute atomic E-state index is 12.5. The molecule has 0 unspecified atom stereocenters. The fourth-order valence-electron chi connectivity index (χ4n) is 3.82. The minimum Gasteiger partial charge on any atom is -0.355 e. The molecule has 3 amide bonds. The van der Waals surface area contributed by atoms with Crippen molar-refractivity contribution in [3.05, 3.63) is 54.6 Å². The van der Waals surface area contributed by atoms with Gasteiger partial charge in [-0.05, 0) is 49.2 Å². The number of aromatic nitrogens is 5. The molecule has 3 heterocycles. The van der Waals surface area contributed by atoms with E-state index in [0.29, 0.717) is 56.1 Å². The van der Waals surface area contributed by atoms with E-state index in [9.17, 15) is 14.4 Å². The van der Waals surface area contributed by atoms with Crippen LogP contribution in [0.4, 0.5) is 11.5 Å². The van der Waals surface area contributed by atoms with Gasteiger partial charge in [0.05, 0.1) is 0 Å². The lowest BCUT2D eigenvalue weighted by molar-refractivity contribution is -0.125. The highest BCUT2D eigenvalue weighted by molar-refractivity contribution is 5.95. The van der Waals surface area contributed by atoms with E-state index < -0.39 is 0 Å². The van der Waals surface area contributed by atoms with Gasteiger partial charge in [0.2, 0.25) is 11.8 Å². The van der Waals surface area contributed by atoms with Gasteiger partial charge in [0.1, 0.15) is 12.7 Å². The quantitative estimate of drug-likeness (QED) is 0.403. The molecule has 0 radical (unpaired) electrons. The lowest BCUT2D eigenvalue weighted by atomic mass is 9.96. The largest absolute Gasteiger partial charge is 0.355 e. The molecule has 12 heteroatoms. The van der Waals surface area contributed by atoms with Crippen molar-refractivity contribution in [1.29, 1.82) is 0 Å². The third-order valence-corrected chi connectivity index (χ3v) is 5.66. The Balaban J connectivity index is 1.15. The molecular weight excluding hydrogens is 450 g/mol. The molecule has 1 saturated heterocycles. The lowest BCUT2D eigenvalue weighted by Gasteiger charge is -2.31. The first-order chi connectivity index (χ1) is 17.0. The number of anilines is 2. The summed E-state index contributed by atoms with van der Waals surface area (Å²) < 4.78 is 1.54. The monoisotopic (exact) mass is 477 g/mol. The predicted molar refractivity (Wildman–Crippen MR) is 128 cm³/mol. The molecule has 1 fully saturated rings. The van der Waals surface area contributed by atoms with Gasteiger partial charge >= 0.3 is 0 Å². The van der Waals surface area contributed by atoms with E-state index >= 15 is 0 Å². The van der Waals surface area contributed by atoms with Crippen molar-refractivity contribution in [1.82, 2.24) is 35.6 Å². The van der Waals surface area contributed by atoms with Crippen LogP contribution in [0.1, 0.15) is 30.1 Å². The summed E-state index contributed by atoms with van der Waals surface area (Å²) in [6.07, 6.45) is 4.43. The van der Waals surface area contributed by atoms with E-state index in [1.807, 2.05) is 12.1 Å². The van der Waals surface area contributed by atoms with Gasteiger partial charge in [-0.1, -0.05) is 0 Å². The zero-order valence-corrected chi connectivity index (χ0v) is 19.3. The van der Waals surface area contributed by atoms with Crippen LogP contribution in [-0.2, 0) is 9.59 Å². The van der Waals surface area contributed by atoms with Crippen LogP contribution in [0.25, 0.3) is 5.82 Å². The summed E-state index contributed by atoms with van der Waals surface area (Å²) >= 11 is 0. The van der Waals surface area contributed by atoms with Gasteiger partial charge in [-0.25, -0.2) is 9.67 Å². The molecule has 0 atom stereocenters. The second-order valence-corrected chi connectivity index (χ2v) is 8.16. The smallest absolute Gasteiger partial charge is 0.251 e. The molecule has 35 heavy (non-hydrogen) atoms. The van der Waals surface area contributed by atoms with Crippen molar-refractivity contribution >= 4 is 29.2 Å². The van der Waals surface area contributed by atoms with E-state index in [4.69, 9.17) is 0 Å². The van der Waals surface area contributed by atoms with Gasteiger partial charge < -0.3 is 20.9 Å². The molecule has 4 rings (SSSR count). The van der Waals surface area contributed by atoms with Crippen molar-refractivity contribution in [2.45, 2.75) is 19.8 Å². The standard InChI is InChI=1S/C23H27N9O3/c1-16(33)28-19-4-2-17(3-5-19)22(34)25-10-11-26-23(35)18-8-12-31(13-9-18)20-6-7-21(30-29-20)32-15-24-14-27-32/h2-7,14-15,18H,8-13H2,1H3,(H,25,34)(H,26,35)(H,28,33). The zero-order chi connectivity index (χ0) is 24.6. The molecule has 0 aliphatic carbocycles. The van der Waals surface area contributed by atoms with Crippen LogP contribution in [0.5, 0.6) is 0 Å². The second kappa shape index (κ2) is 11.2. The normalized spacial score (nSPS) is 13.8. The number of nitrogens with one attached hydrogen (secondary N) is 3. The number of nitrogens with zero attached hydrogens (tertiary/aromatic N) is 6. The molecule has 182 valence electrons. The average Bonchev–Trinajstić information content (AvgIpc) is 3.42. The molecule has 1 aliphatic rings. The van der Waals surface area contributed by atoms with Crippen molar-refractivity contribution in [3.63, 3.8) is 0 Å². The van der Waals surface area contributed by atoms with Crippen molar-refractivity contribution in [2.75, 3.05) is 36.4 Å². The summed E-state index contributed by atoms with van der Waals surface area (Å²) in [5.41, 5.74) is 1.11. The summed E-state index contributed by atoms with van der Waals surface area (Å²) in [5.74, 6) is 0.861. The van der Waals surface area contributed by atoms with Crippen LogP contribution in [0, 0.1) is 5.92 Å². The predicted octanol–water partition coefficient (Wildman–Crippen LogP) is 0.778. The summed E-state index contributed by atoms with van der Waals surface area (Å²) in [6.45, 7) is 3.52. The van der Waals surface area contributed by atoms with E-state index in [0.717, 1.165) is 5.82 Å². The van der Waals surface area contributed by atoms with Crippen LogP contribution in [0.2, 0.25) is 0 Å². The second-order valence-electron chi connectivity index (χ2n) is 8.16. The maximum Gasteiger partial charge on any atom is 0.251 e. The Morgan fingerprint density at radius 2 is 1.63 bits per heavy atom. The van der Waals surface area contributed by atoms with E-state index in [2.05, 4.69) is 41.1 Å². The molecule has 2 aromatic heterocycles. The van der Waals surface area contributed by atoms with E-state index in [1.54, 1.807) is 35.3 Å². The van der Waals surface area contributed by atoms with Gasteiger partial charge in [-0.3, -0.25) is 14.4 Å². The minimum absolute atomic E-state index is 0.00817. The highest BCUT2D eigenvalue weighted by Gasteiger charge is 2.25. The van der Waals surface area contributed by atoms with Crippen molar-refractivity contribution < 1.29 is 14.4 Å². The van der Waals surface area contributed by atoms with Gasteiger partial charge in [0.15, 0.2) is 11.6 Å². The Hall–Kier alpha value is -4.35. The Morgan fingerprint density at radius 3 is 2.26 bits per heavy atom. The lowest BCUT2D eigenvalue weighted by Crippen LogP contribution is -2.42. The first-order valence-electron chi connectivity index (χ1n) is 11.4. The van der Waals surface area contributed by atoms with Gasteiger partial charge in [0.25, 0.3) is 5.91 Å². The van der Waals surface area contributed by atoms with Crippen LogP contribution in [0.15, 0.2) is 49.1 Å². The number of benzene rings is 1. The third kappa shape index (κ3) is 6.37. The molecular formula is C23H27N9O3. The number of amides is 3. The highest BCUT2D eigenvalue weighted by atomic mass is 16.2. The fraction of sp³-hybridized carbons (Fsp3) is 0.348. The molecule has 0 saturated carbocycles. The average molecular weight is 478 g/mol. The fourth-order valence-corrected chi connectivity index (χ4v) is 3.82.